The molecular weight excluding hydrogens is 548 g/mol. The number of hydrogen-bond acceptors (Lipinski definition) is 7. The lowest BCUT2D eigenvalue weighted by atomic mass is 10.1. The van der Waals surface area contributed by atoms with Crippen LogP contribution < -0.4 is 9.62 Å². The molecule has 2 aromatic carbocycles. The van der Waals surface area contributed by atoms with Gasteiger partial charge in [-0.3, -0.25) is 9.62 Å². The van der Waals surface area contributed by atoms with Crippen LogP contribution >= 0.6 is 11.3 Å². The van der Waals surface area contributed by atoms with Gasteiger partial charge >= 0.3 is 12.1 Å². The second kappa shape index (κ2) is 12.1. The number of aliphatic carboxylic acids is 1. The summed E-state index contributed by atoms with van der Waals surface area (Å²) in [5.41, 5.74) is 3.82. The van der Waals surface area contributed by atoms with Crippen molar-refractivity contribution in [1.82, 2.24) is 9.88 Å². The Bertz CT molecular complexity index is 1340. The molecule has 1 aliphatic heterocycles. The minimum absolute atomic E-state index is 0.188. The number of anilines is 2. The lowest BCUT2D eigenvalue weighted by Gasteiger charge is -2.29. The molecule has 0 aliphatic carbocycles. The van der Waals surface area contributed by atoms with Gasteiger partial charge in [0, 0.05) is 49.4 Å². The smallest absolute Gasteiger partial charge is 0.475 e. The van der Waals surface area contributed by atoms with Crippen molar-refractivity contribution in [1.29, 1.82) is 0 Å². The van der Waals surface area contributed by atoms with Crippen LogP contribution in [0.25, 0.3) is 0 Å². The highest BCUT2D eigenvalue weighted by Gasteiger charge is 2.38. The molecule has 2 heterocycles. The first-order valence-electron chi connectivity index (χ1n) is 11.3. The summed E-state index contributed by atoms with van der Waals surface area (Å²) < 4.78 is 74.4. The van der Waals surface area contributed by atoms with E-state index >= 15 is 4.39 Å². The number of sulfonamides is 1. The molecule has 3 aromatic rings. The molecular formula is C24H26F4N4O4S2. The van der Waals surface area contributed by atoms with Crippen molar-refractivity contribution in [3.8, 4) is 0 Å². The molecule has 0 spiro atoms. The number of likely N-dealkylation sites (tertiary alicyclic amines) is 1. The van der Waals surface area contributed by atoms with E-state index in [1.165, 1.54) is 28.5 Å². The predicted octanol–water partition coefficient (Wildman–Crippen LogP) is 4.74. The molecule has 8 nitrogen and oxygen atoms in total. The maximum atomic E-state index is 15.1. The highest BCUT2D eigenvalue weighted by atomic mass is 32.2. The van der Waals surface area contributed by atoms with E-state index in [0.717, 1.165) is 26.1 Å². The molecule has 0 amide bonds. The monoisotopic (exact) mass is 574 g/mol. The second-order valence-electron chi connectivity index (χ2n) is 8.58. The number of nitrogens with one attached hydrogen (secondary N) is 1. The molecule has 1 fully saturated rings. The third-order valence-electron chi connectivity index (χ3n) is 5.95. The van der Waals surface area contributed by atoms with Gasteiger partial charge in [0.2, 0.25) is 0 Å². The summed E-state index contributed by atoms with van der Waals surface area (Å²) in [7, 11) is -2.10. The number of rotatable bonds is 7. The number of alkyl halides is 3. The van der Waals surface area contributed by atoms with Crippen molar-refractivity contribution < 1.29 is 35.9 Å². The minimum Gasteiger partial charge on any atom is -0.475 e. The Morgan fingerprint density at radius 3 is 2.47 bits per heavy atom. The van der Waals surface area contributed by atoms with Crippen LogP contribution in [-0.2, 0) is 21.4 Å². The standard InChI is InChI=1S/C22H25FN4O2S2.C2HF3O2/c1-16-19(8-9-20(22(16)23)31(28,29)25-21-14-30-15-24-21)26(2)18-10-11-27(13-18)12-17-6-4-3-5-7-17;3-2(4,5)1(6)7/h3-9,14-15,18,25H,10-13H2,1-2H3;(H,6,7). The molecule has 1 unspecified atom stereocenters. The van der Waals surface area contributed by atoms with Gasteiger partial charge in [0.25, 0.3) is 10.0 Å². The number of thiazole rings is 1. The van der Waals surface area contributed by atoms with Crippen LogP contribution in [0.5, 0.6) is 0 Å². The lowest BCUT2D eigenvalue weighted by molar-refractivity contribution is -0.192. The van der Waals surface area contributed by atoms with Gasteiger partial charge in [0.1, 0.15) is 10.7 Å². The van der Waals surface area contributed by atoms with Crippen molar-refractivity contribution in [3.63, 3.8) is 0 Å². The highest BCUT2D eigenvalue weighted by molar-refractivity contribution is 7.92. The summed E-state index contributed by atoms with van der Waals surface area (Å²) in [5, 5.41) is 8.69. The normalized spacial score (nSPS) is 16.0. The van der Waals surface area contributed by atoms with Gasteiger partial charge in [-0.15, -0.1) is 11.3 Å². The van der Waals surface area contributed by atoms with E-state index < -0.39 is 28.0 Å². The number of benzene rings is 2. The zero-order chi connectivity index (χ0) is 28.1. The second-order valence-corrected chi connectivity index (χ2v) is 10.9. The van der Waals surface area contributed by atoms with Crippen molar-refractivity contribution in [2.45, 2.75) is 37.0 Å². The summed E-state index contributed by atoms with van der Waals surface area (Å²) in [6, 6.07) is 13.6. The maximum absolute atomic E-state index is 15.1. The number of likely N-dealkylation sites (N-methyl/N-ethyl adjacent to an activating group) is 1. The zero-order valence-corrected chi connectivity index (χ0v) is 22.1. The van der Waals surface area contributed by atoms with E-state index in [-0.39, 0.29) is 16.8 Å². The fourth-order valence-electron chi connectivity index (χ4n) is 4.01. The van der Waals surface area contributed by atoms with Gasteiger partial charge in [-0.2, -0.15) is 13.2 Å². The predicted molar refractivity (Wildman–Crippen MR) is 136 cm³/mol. The van der Waals surface area contributed by atoms with E-state index in [0.29, 0.717) is 11.3 Å². The molecule has 14 heteroatoms. The van der Waals surface area contributed by atoms with Crippen LogP contribution in [-0.4, -0.2) is 61.7 Å². The molecule has 4 rings (SSSR count). The first-order valence-corrected chi connectivity index (χ1v) is 13.7. The number of carboxylic acids is 1. The molecule has 38 heavy (non-hydrogen) atoms. The summed E-state index contributed by atoms with van der Waals surface area (Å²) >= 11 is 1.26. The molecule has 1 atom stereocenters. The molecule has 0 radical (unpaired) electrons. The Balaban J connectivity index is 0.000000505. The molecule has 1 aromatic heterocycles. The number of carbonyl (C=O) groups is 1. The summed E-state index contributed by atoms with van der Waals surface area (Å²) in [6.45, 7) is 4.35. The molecule has 0 bridgehead atoms. The van der Waals surface area contributed by atoms with E-state index in [9.17, 15) is 21.6 Å². The average molecular weight is 575 g/mol. The first kappa shape index (κ1) is 29.3. The summed E-state index contributed by atoms with van der Waals surface area (Å²) in [6.07, 6.45) is -4.12. The van der Waals surface area contributed by atoms with Gasteiger partial charge in [-0.25, -0.2) is 22.6 Å². The maximum Gasteiger partial charge on any atom is 0.490 e. The molecule has 2 N–H and O–H groups in total. The van der Waals surface area contributed by atoms with Crippen LogP contribution in [0, 0.1) is 12.7 Å². The van der Waals surface area contributed by atoms with Crippen LogP contribution in [0.3, 0.4) is 0 Å². The van der Waals surface area contributed by atoms with Crippen molar-refractivity contribution in [2.24, 2.45) is 0 Å². The largest absolute Gasteiger partial charge is 0.490 e. The summed E-state index contributed by atoms with van der Waals surface area (Å²) in [4.78, 5) is 16.9. The SMILES string of the molecule is Cc1c(N(C)C2CCN(Cc3ccccc3)C2)ccc(S(=O)(=O)Nc2cscn2)c1F.O=C(O)C(F)(F)F. The third kappa shape index (κ3) is 7.42. The average Bonchev–Trinajstić information content (AvgIpc) is 3.52. The number of nitrogens with zero attached hydrogens (tertiary/aromatic N) is 3. The van der Waals surface area contributed by atoms with Crippen molar-refractivity contribution in [3.05, 3.63) is 70.3 Å². The van der Waals surface area contributed by atoms with E-state index in [1.54, 1.807) is 18.4 Å². The van der Waals surface area contributed by atoms with Crippen LogP contribution in [0.2, 0.25) is 0 Å². The minimum atomic E-state index is -5.08. The van der Waals surface area contributed by atoms with E-state index in [4.69, 9.17) is 9.90 Å². The van der Waals surface area contributed by atoms with Crippen molar-refractivity contribution in [2.75, 3.05) is 29.8 Å². The Kier molecular flexibility index (Phi) is 9.33. The van der Waals surface area contributed by atoms with Crippen LogP contribution in [0.4, 0.5) is 29.1 Å². The molecule has 1 saturated heterocycles. The van der Waals surface area contributed by atoms with Gasteiger partial charge < -0.3 is 10.0 Å². The third-order valence-corrected chi connectivity index (χ3v) is 7.91. The van der Waals surface area contributed by atoms with Gasteiger partial charge in [-0.05, 0) is 31.0 Å². The van der Waals surface area contributed by atoms with E-state index in [2.05, 4.69) is 31.6 Å². The zero-order valence-electron chi connectivity index (χ0n) is 20.4. The fourth-order valence-corrected chi connectivity index (χ4v) is 5.70. The Hall–Kier alpha value is -3.23. The lowest BCUT2D eigenvalue weighted by Crippen LogP contribution is -2.35. The highest BCUT2D eigenvalue weighted by Crippen LogP contribution is 2.31. The van der Waals surface area contributed by atoms with Crippen LogP contribution in [0.15, 0.2) is 58.3 Å². The Morgan fingerprint density at radius 2 is 1.89 bits per heavy atom. The van der Waals surface area contributed by atoms with Crippen LogP contribution in [0.1, 0.15) is 17.5 Å². The quantitative estimate of drug-likeness (QED) is 0.393. The molecule has 206 valence electrons. The van der Waals surface area contributed by atoms with Gasteiger partial charge in [0.05, 0.1) is 5.51 Å². The number of hydrogen-bond donors (Lipinski definition) is 2. The topological polar surface area (TPSA) is 103 Å². The fraction of sp³-hybridized carbons (Fsp3) is 0.333. The first-order chi connectivity index (χ1) is 17.8. The Labute approximate surface area is 221 Å². The summed E-state index contributed by atoms with van der Waals surface area (Å²) in [5.74, 6) is -3.30. The number of aromatic nitrogens is 1. The van der Waals surface area contributed by atoms with Gasteiger partial charge in [0.15, 0.2) is 5.82 Å². The van der Waals surface area contributed by atoms with Gasteiger partial charge in [-0.1, -0.05) is 30.3 Å². The van der Waals surface area contributed by atoms with Crippen molar-refractivity contribution >= 4 is 38.8 Å². The Morgan fingerprint density at radius 1 is 1.24 bits per heavy atom. The molecule has 0 saturated carbocycles. The molecule has 1 aliphatic rings. The number of halogens is 4. The number of carboxylic acid groups (broad SMARTS) is 1. The van der Waals surface area contributed by atoms with E-state index in [1.807, 2.05) is 25.2 Å².